The van der Waals surface area contributed by atoms with Crippen LogP contribution in [0.3, 0.4) is 0 Å². The SMILES string of the molecule is CC/C=C\C/C=C\C/C=C\C/C=C\CCC(=O)OC(COCCCCCCCC/C=C\C/C=C\CCCCCC)COP(=O)(O)OCC(N)C(=O)O. The highest BCUT2D eigenvalue weighted by molar-refractivity contribution is 7.47. The zero-order chi connectivity index (χ0) is 38.4. The van der Waals surface area contributed by atoms with Crippen molar-refractivity contribution in [3.8, 4) is 0 Å². The first-order valence-corrected chi connectivity index (χ1v) is 21.0. The lowest BCUT2D eigenvalue weighted by Gasteiger charge is -2.20. The highest BCUT2D eigenvalue weighted by Gasteiger charge is 2.27. The highest BCUT2D eigenvalue weighted by Crippen LogP contribution is 2.43. The van der Waals surface area contributed by atoms with E-state index in [1.165, 1.54) is 44.9 Å². The number of carbonyl (C=O) groups excluding carboxylic acids is 1. The van der Waals surface area contributed by atoms with Crippen molar-refractivity contribution in [2.75, 3.05) is 26.4 Å². The van der Waals surface area contributed by atoms with Gasteiger partial charge in [-0.3, -0.25) is 18.6 Å². The van der Waals surface area contributed by atoms with E-state index in [4.69, 9.17) is 24.8 Å². The summed E-state index contributed by atoms with van der Waals surface area (Å²) in [7, 11) is -4.64. The van der Waals surface area contributed by atoms with Crippen molar-refractivity contribution in [1.29, 1.82) is 0 Å². The van der Waals surface area contributed by atoms with Gasteiger partial charge < -0.3 is 25.2 Å². The van der Waals surface area contributed by atoms with Gasteiger partial charge in [0.15, 0.2) is 0 Å². The van der Waals surface area contributed by atoms with E-state index in [1.807, 2.05) is 12.2 Å². The van der Waals surface area contributed by atoms with Gasteiger partial charge in [0.2, 0.25) is 0 Å². The molecule has 0 aliphatic heterocycles. The number of esters is 1. The molecule has 4 N–H and O–H groups in total. The quantitative estimate of drug-likeness (QED) is 0.0244. The molecule has 0 radical (unpaired) electrons. The molecule has 0 fully saturated rings. The van der Waals surface area contributed by atoms with Crippen molar-refractivity contribution in [2.24, 2.45) is 5.73 Å². The maximum absolute atomic E-state index is 12.5. The van der Waals surface area contributed by atoms with Crippen LogP contribution in [0.5, 0.6) is 0 Å². The van der Waals surface area contributed by atoms with E-state index < -0.39 is 45.1 Å². The molecule has 0 aromatic carbocycles. The van der Waals surface area contributed by atoms with E-state index >= 15 is 0 Å². The number of ether oxygens (including phenoxy) is 2. The highest BCUT2D eigenvalue weighted by atomic mass is 31.2. The van der Waals surface area contributed by atoms with Crippen molar-refractivity contribution >= 4 is 19.8 Å². The molecular formula is C41H70NO9P. The third-order valence-electron chi connectivity index (χ3n) is 7.73. The van der Waals surface area contributed by atoms with Crippen molar-refractivity contribution in [2.45, 2.75) is 148 Å². The van der Waals surface area contributed by atoms with Gasteiger partial charge in [0.05, 0.1) is 19.8 Å². The van der Waals surface area contributed by atoms with Gasteiger partial charge in [-0.05, 0) is 70.6 Å². The Balaban J connectivity index is 4.41. The topological polar surface area (TPSA) is 155 Å². The number of phosphoric ester groups is 1. The molecule has 0 heterocycles. The number of carbonyl (C=O) groups is 2. The number of aliphatic carboxylic acids is 1. The van der Waals surface area contributed by atoms with Crippen LogP contribution in [0.1, 0.15) is 136 Å². The first-order valence-electron chi connectivity index (χ1n) is 19.5. The molecule has 52 heavy (non-hydrogen) atoms. The molecule has 0 aromatic rings. The number of carboxylic acid groups (broad SMARTS) is 1. The molecule has 0 aliphatic carbocycles. The second kappa shape index (κ2) is 36.8. The predicted octanol–water partition coefficient (Wildman–Crippen LogP) is 10.2. The molecule has 0 saturated heterocycles. The molecule has 0 spiro atoms. The third kappa shape index (κ3) is 35.8. The van der Waals surface area contributed by atoms with Crippen LogP contribution in [-0.4, -0.2) is 60.5 Å². The summed E-state index contributed by atoms with van der Waals surface area (Å²) in [5, 5.41) is 8.87. The zero-order valence-corrected chi connectivity index (χ0v) is 33.0. The van der Waals surface area contributed by atoms with Gasteiger partial charge in [0.25, 0.3) is 0 Å². The molecule has 0 rings (SSSR count). The fraction of sp³-hybridized carbons (Fsp3) is 0.659. The van der Waals surface area contributed by atoms with Gasteiger partial charge in [-0.15, -0.1) is 0 Å². The van der Waals surface area contributed by atoms with Gasteiger partial charge in [-0.25, -0.2) is 4.57 Å². The lowest BCUT2D eigenvalue weighted by Crippen LogP contribution is -2.34. The Hall–Kier alpha value is -2.59. The Bertz CT molecular complexity index is 1100. The minimum atomic E-state index is -4.64. The minimum Gasteiger partial charge on any atom is -0.480 e. The molecule has 0 saturated carbocycles. The maximum Gasteiger partial charge on any atom is 0.472 e. The standard InChI is InChI=1S/C41H70NO9P/c1-3-5-7-9-11-13-15-17-18-19-20-22-24-26-28-30-32-34-48-35-38(36-49-52(46,47)50-37-39(42)41(44)45)51-40(43)33-31-29-27-25-23-21-16-14-12-10-8-6-4-2/h6,8,12-15,18-19,21,23,27,29,38-39H,3-5,7,9-11,16-17,20,22,24-26,28,30-37,42H2,1-2H3,(H,44,45)(H,46,47)/b8-6-,14-12-,15-13-,19-18-,23-21-,29-27-. The largest absolute Gasteiger partial charge is 0.480 e. The Morgan fingerprint density at radius 3 is 1.67 bits per heavy atom. The van der Waals surface area contributed by atoms with Gasteiger partial charge in [-0.1, -0.05) is 132 Å². The number of nitrogens with two attached hydrogens (primary N) is 1. The second-order valence-electron chi connectivity index (χ2n) is 12.7. The van der Waals surface area contributed by atoms with Crippen LogP contribution < -0.4 is 5.73 Å². The first kappa shape index (κ1) is 49.4. The summed E-state index contributed by atoms with van der Waals surface area (Å²) >= 11 is 0. The number of rotatable bonds is 36. The number of carboxylic acids is 1. The van der Waals surface area contributed by atoms with E-state index in [1.54, 1.807) is 0 Å². The smallest absolute Gasteiger partial charge is 0.472 e. The van der Waals surface area contributed by atoms with Crippen molar-refractivity contribution in [3.63, 3.8) is 0 Å². The van der Waals surface area contributed by atoms with Gasteiger partial charge in [0, 0.05) is 13.0 Å². The molecular weight excluding hydrogens is 681 g/mol. The average molecular weight is 752 g/mol. The number of hydrogen-bond donors (Lipinski definition) is 3. The number of hydrogen-bond acceptors (Lipinski definition) is 8. The third-order valence-corrected chi connectivity index (χ3v) is 8.68. The van der Waals surface area contributed by atoms with Crippen LogP contribution in [0, 0.1) is 0 Å². The fourth-order valence-corrected chi connectivity index (χ4v) is 5.48. The number of phosphoric acid groups is 1. The molecule has 298 valence electrons. The van der Waals surface area contributed by atoms with E-state index in [9.17, 15) is 19.0 Å². The Morgan fingerprint density at radius 2 is 1.12 bits per heavy atom. The van der Waals surface area contributed by atoms with E-state index in [2.05, 4.69) is 79.1 Å². The van der Waals surface area contributed by atoms with E-state index in [-0.39, 0.29) is 13.0 Å². The zero-order valence-electron chi connectivity index (χ0n) is 32.1. The predicted molar refractivity (Wildman–Crippen MR) is 212 cm³/mol. The Kier molecular flexibility index (Phi) is 34.9. The van der Waals surface area contributed by atoms with Gasteiger partial charge >= 0.3 is 19.8 Å². The van der Waals surface area contributed by atoms with Crippen LogP contribution in [0.4, 0.5) is 0 Å². The van der Waals surface area contributed by atoms with Crippen LogP contribution in [0.2, 0.25) is 0 Å². The molecule has 0 amide bonds. The number of allylic oxidation sites excluding steroid dienone is 12. The summed E-state index contributed by atoms with van der Waals surface area (Å²) in [5.41, 5.74) is 5.33. The molecule has 11 heteroatoms. The van der Waals surface area contributed by atoms with E-state index in [0.717, 1.165) is 64.2 Å². The van der Waals surface area contributed by atoms with Gasteiger partial charge in [-0.2, -0.15) is 0 Å². The first-order chi connectivity index (χ1) is 25.2. The van der Waals surface area contributed by atoms with Crippen molar-refractivity contribution in [3.05, 3.63) is 72.9 Å². The summed E-state index contributed by atoms with van der Waals surface area (Å²) in [6.45, 7) is 3.60. The summed E-state index contributed by atoms with van der Waals surface area (Å²) in [4.78, 5) is 33.4. The Morgan fingerprint density at radius 1 is 0.635 bits per heavy atom. The van der Waals surface area contributed by atoms with Crippen molar-refractivity contribution in [1.82, 2.24) is 0 Å². The number of unbranched alkanes of at least 4 members (excludes halogenated alkanes) is 10. The molecule has 10 nitrogen and oxygen atoms in total. The maximum atomic E-state index is 12.5. The monoisotopic (exact) mass is 751 g/mol. The molecule has 3 unspecified atom stereocenters. The average Bonchev–Trinajstić information content (AvgIpc) is 3.12. The second-order valence-corrected chi connectivity index (χ2v) is 14.1. The van der Waals surface area contributed by atoms with E-state index in [0.29, 0.717) is 13.0 Å². The lowest BCUT2D eigenvalue weighted by atomic mass is 10.1. The lowest BCUT2D eigenvalue weighted by molar-refractivity contribution is -0.154. The minimum absolute atomic E-state index is 0.0231. The van der Waals surface area contributed by atoms with Crippen LogP contribution in [-0.2, 0) is 32.7 Å². The summed E-state index contributed by atoms with van der Waals surface area (Å²) in [6, 6.07) is -1.49. The normalized spacial score (nSPS) is 14.8. The summed E-state index contributed by atoms with van der Waals surface area (Å²) in [5.74, 6) is -1.88. The van der Waals surface area contributed by atoms with Crippen LogP contribution in [0.25, 0.3) is 0 Å². The molecule has 0 aliphatic rings. The summed E-state index contributed by atoms with van der Waals surface area (Å²) in [6.07, 6.45) is 44.0. The molecule has 0 bridgehead atoms. The fourth-order valence-electron chi connectivity index (χ4n) is 4.70. The molecule has 0 aromatic heterocycles. The van der Waals surface area contributed by atoms with Crippen molar-refractivity contribution < 1.29 is 42.7 Å². The Labute approximate surface area is 314 Å². The van der Waals surface area contributed by atoms with Crippen LogP contribution in [0.15, 0.2) is 72.9 Å². The van der Waals surface area contributed by atoms with Crippen LogP contribution >= 0.6 is 7.82 Å². The molecule has 3 atom stereocenters. The summed E-state index contributed by atoms with van der Waals surface area (Å²) < 4.78 is 33.1. The van der Waals surface area contributed by atoms with Gasteiger partial charge in [0.1, 0.15) is 12.1 Å².